The van der Waals surface area contributed by atoms with E-state index in [0.717, 1.165) is 45.7 Å². The highest BCUT2D eigenvalue weighted by Gasteiger charge is 2.34. The van der Waals surface area contributed by atoms with Crippen molar-refractivity contribution in [1.82, 2.24) is 19.4 Å². The third-order valence-corrected chi connectivity index (χ3v) is 6.89. The molecule has 0 bridgehead atoms. The summed E-state index contributed by atoms with van der Waals surface area (Å²) in [7, 11) is -3.09. The van der Waals surface area contributed by atoms with Crippen molar-refractivity contribution in [3.05, 3.63) is 0 Å². The minimum absolute atomic E-state index is 0.278. The largest absolute Gasteiger partial charge is 0.314 e. The molecule has 0 aromatic rings. The van der Waals surface area contributed by atoms with Gasteiger partial charge in [-0.1, -0.05) is 6.42 Å². The molecule has 1 unspecified atom stereocenters. The Morgan fingerprint density at radius 3 is 2.62 bits per heavy atom. The van der Waals surface area contributed by atoms with E-state index < -0.39 is 10.0 Å². The van der Waals surface area contributed by atoms with Gasteiger partial charge in [0.1, 0.15) is 0 Å². The fraction of sp³-hybridized carbons (Fsp3) is 1.00. The number of piperidine rings is 1. The summed E-state index contributed by atoms with van der Waals surface area (Å²) in [6.45, 7) is 8.01. The van der Waals surface area contributed by atoms with Gasteiger partial charge in [-0.15, -0.1) is 0 Å². The zero-order valence-corrected chi connectivity index (χ0v) is 13.7. The van der Waals surface area contributed by atoms with Crippen LogP contribution in [0.2, 0.25) is 0 Å². The summed E-state index contributed by atoms with van der Waals surface area (Å²) < 4.78 is 26.9. The van der Waals surface area contributed by atoms with Gasteiger partial charge in [-0.3, -0.25) is 9.80 Å². The van der Waals surface area contributed by atoms with Gasteiger partial charge in [0.25, 0.3) is 0 Å². The molecule has 0 aliphatic carbocycles. The summed E-state index contributed by atoms with van der Waals surface area (Å²) in [6.07, 6.45) is 3.67. The maximum Gasteiger partial charge on any atom is 0.215 e. The van der Waals surface area contributed by atoms with E-state index in [9.17, 15) is 8.42 Å². The number of rotatable bonds is 4. The molecule has 1 N–H and O–H groups in total. The molecule has 3 heterocycles. The first kappa shape index (κ1) is 15.7. The Labute approximate surface area is 128 Å². The zero-order valence-electron chi connectivity index (χ0n) is 12.8. The first-order valence-electron chi connectivity index (χ1n) is 8.30. The van der Waals surface area contributed by atoms with Crippen molar-refractivity contribution < 1.29 is 8.42 Å². The summed E-state index contributed by atoms with van der Waals surface area (Å²) in [4.78, 5) is 4.73. The smallest absolute Gasteiger partial charge is 0.215 e. The van der Waals surface area contributed by atoms with E-state index in [1.54, 1.807) is 4.31 Å². The predicted molar refractivity (Wildman–Crippen MR) is 83.9 cm³/mol. The van der Waals surface area contributed by atoms with Gasteiger partial charge in [-0.05, 0) is 19.4 Å². The van der Waals surface area contributed by atoms with Crippen molar-refractivity contribution in [2.24, 2.45) is 0 Å². The Balaban J connectivity index is 1.52. The monoisotopic (exact) mass is 316 g/mol. The van der Waals surface area contributed by atoms with Crippen LogP contribution in [0.15, 0.2) is 0 Å². The number of fused-ring (bicyclic) bond motifs is 1. The van der Waals surface area contributed by atoms with Crippen molar-refractivity contribution in [3.8, 4) is 0 Å². The Hall–Kier alpha value is -0.210. The molecule has 3 fully saturated rings. The highest BCUT2D eigenvalue weighted by molar-refractivity contribution is 7.89. The number of nitrogens with one attached hydrogen (secondary N) is 1. The number of hydrogen-bond donors (Lipinski definition) is 1. The van der Waals surface area contributed by atoms with Gasteiger partial charge in [-0.25, -0.2) is 8.42 Å². The lowest BCUT2D eigenvalue weighted by Crippen LogP contribution is -2.57. The van der Waals surface area contributed by atoms with Crippen LogP contribution in [0.1, 0.15) is 19.3 Å². The maximum absolute atomic E-state index is 12.6. The summed E-state index contributed by atoms with van der Waals surface area (Å²) in [5.41, 5.74) is 0. The number of sulfonamides is 1. The van der Waals surface area contributed by atoms with Gasteiger partial charge < -0.3 is 5.32 Å². The van der Waals surface area contributed by atoms with Crippen LogP contribution in [0.5, 0.6) is 0 Å². The van der Waals surface area contributed by atoms with Crippen molar-refractivity contribution in [1.29, 1.82) is 0 Å². The molecule has 0 spiro atoms. The molecule has 3 aliphatic rings. The second-order valence-electron chi connectivity index (χ2n) is 6.45. The molecule has 6 nitrogen and oxygen atoms in total. The van der Waals surface area contributed by atoms with Crippen molar-refractivity contribution >= 4 is 10.0 Å². The van der Waals surface area contributed by atoms with E-state index in [1.165, 1.54) is 12.8 Å². The molecule has 1 atom stereocenters. The summed E-state index contributed by atoms with van der Waals surface area (Å²) >= 11 is 0. The van der Waals surface area contributed by atoms with Crippen molar-refractivity contribution in [2.45, 2.75) is 25.3 Å². The highest BCUT2D eigenvalue weighted by atomic mass is 32.2. The normalized spacial score (nSPS) is 30.2. The van der Waals surface area contributed by atoms with Crippen LogP contribution in [-0.2, 0) is 10.0 Å². The van der Waals surface area contributed by atoms with E-state index in [1.807, 2.05) is 0 Å². The molecule has 122 valence electrons. The molecule has 0 amide bonds. The quantitative estimate of drug-likeness (QED) is 0.750. The Bertz CT molecular complexity index is 436. The number of hydrogen-bond acceptors (Lipinski definition) is 5. The predicted octanol–water partition coefficient (Wildman–Crippen LogP) is -0.608. The van der Waals surface area contributed by atoms with E-state index in [4.69, 9.17) is 0 Å². The molecule has 3 saturated heterocycles. The molecule has 3 aliphatic heterocycles. The lowest BCUT2D eigenvalue weighted by Gasteiger charge is -2.43. The summed E-state index contributed by atoms with van der Waals surface area (Å²) in [5.74, 6) is 0.278. The average Bonchev–Trinajstić information content (AvgIpc) is 2.53. The van der Waals surface area contributed by atoms with Gasteiger partial charge in [-0.2, -0.15) is 4.31 Å². The van der Waals surface area contributed by atoms with Crippen molar-refractivity contribution in [2.75, 3.05) is 64.7 Å². The Morgan fingerprint density at radius 2 is 1.81 bits per heavy atom. The maximum atomic E-state index is 12.6. The molecular formula is C14H28N4O2S. The van der Waals surface area contributed by atoms with E-state index in [2.05, 4.69) is 15.1 Å². The molecule has 0 aromatic carbocycles. The summed E-state index contributed by atoms with van der Waals surface area (Å²) in [5, 5.41) is 3.30. The fourth-order valence-electron chi connectivity index (χ4n) is 3.69. The van der Waals surface area contributed by atoms with Crippen LogP contribution in [-0.4, -0.2) is 93.2 Å². The van der Waals surface area contributed by atoms with E-state index in [-0.39, 0.29) is 5.75 Å². The first-order chi connectivity index (χ1) is 10.1. The van der Waals surface area contributed by atoms with Crippen LogP contribution < -0.4 is 5.32 Å². The second kappa shape index (κ2) is 6.91. The second-order valence-corrected chi connectivity index (χ2v) is 8.54. The highest BCUT2D eigenvalue weighted by Crippen LogP contribution is 2.22. The molecule has 7 heteroatoms. The van der Waals surface area contributed by atoms with Crippen LogP contribution in [0, 0.1) is 0 Å². The molecule has 21 heavy (non-hydrogen) atoms. The van der Waals surface area contributed by atoms with Crippen LogP contribution >= 0.6 is 0 Å². The zero-order chi connectivity index (χ0) is 14.7. The average molecular weight is 316 g/mol. The number of nitrogens with zero attached hydrogens (tertiary/aromatic N) is 3. The topological polar surface area (TPSA) is 55.9 Å². The van der Waals surface area contributed by atoms with Crippen LogP contribution in [0.25, 0.3) is 0 Å². The van der Waals surface area contributed by atoms with Gasteiger partial charge in [0.05, 0.1) is 5.75 Å². The van der Waals surface area contributed by atoms with Gasteiger partial charge in [0.2, 0.25) is 10.0 Å². The SMILES string of the molecule is O=S(=O)(CCN1CCNCC1)N1CCN2CCCCC2C1. The standard InChI is InChI=1S/C14H28N4O2S/c19-21(20,12-11-16-7-4-15-5-8-16)18-10-9-17-6-2-1-3-14(17)13-18/h14-15H,1-13H2. The molecule has 0 aromatic heterocycles. The Kier molecular flexibility index (Phi) is 5.16. The minimum atomic E-state index is -3.09. The van der Waals surface area contributed by atoms with Gasteiger partial charge >= 0.3 is 0 Å². The summed E-state index contributed by atoms with van der Waals surface area (Å²) in [6, 6.07) is 0.460. The minimum Gasteiger partial charge on any atom is -0.314 e. The lowest BCUT2D eigenvalue weighted by atomic mass is 10.0. The van der Waals surface area contributed by atoms with E-state index in [0.29, 0.717) is 25.7 Å². The van der Waals surface area contributed by atoms with E-state index >= 15 is 0 Å². The first-order valence-corrected chi connectivity index (χ1v) is 9.91. The van der Waals surface area contributed by atoms with Crippen LogP contribution in [0.3, 0.4) is 0 Å². The fourth-order valence-corrected chi connectivity index (χ4v) is 5.19. The Morgan fingerprint density at radius 1 is 1.00 bits per heavy atom. The third-order valence-electron chi connectivity index (χ3n) is 5.07. The van der Waals surface area contributed by atoms with Crippen LogP contribution in [0.4, 0.5) is 0 Å². The molecule has 0 saturated carbocycles. The van der Waals surface area contributed by atoms with Gasteiger partial charge in [0, 0.05) is 58.4 Å². The van der Waals surface area contributed by atoms with Crippen molar-refractivity contribution in [3.63, 3.8) is 0 Å². The number of piperazine rings is 2. The molecular weight excluding hydrogens is 288 g/mol. The van der Waals surface area contributed by atoms with Gasteiger partial charge in [0.15, 0.2) is 0 Å². The molecule has 0 radical (unpaired) electrons. The molecule has 3 rings (SSSR count). The third kappa shape index (κ3) is 3.96. The lowest BCUT2D eigenvalue weighted by molar-refractivity contribution is 0.0850.